The normalized spacial score (nSPS) is 18.2. The molecule has 2 aromatic rings. The zero-order chi connectivity index (χ0) is 13.1. The molecule has 1 aromatic carbocycles. The highest BCUT2D eigenvalue weighted by Crippen LogP contribution is 2.32. The first kappa shape index (κ1) is 13.1. The van der Waals surface area contributed by atoms with E-state index in [1.54, 1.807) is 0 Å². The summed E-state index contributed by atoms with van der Waals surface area (Å²) in [7, 11) is 0. The van der Waals surface area contributed by atoms with Crippen molar-refractivity contribution in [1.82, 2.24) is 8.75 Å². The van der Waals surface area contributed by atoms with Gasteiger partial charge in [-0.25, -0.2) is 0 Å². The van der Waals surface area contributed by atoms with Gasteiger partial charge in [0, 0.05) is 6.04 Å². The second kappa shape index (κ2) is 6.06. The average Bonchev–Trinajstić information content (AvgIpc) is 2.83. The second-order valence-corrected chi connectivity index (χ2v) is 6.18. The van der Waals surface area contributed by atoms with Crippen LogP contribution in [0.15, 0.2) is 12.1 Å². The SMILES string of the molecule is Clc1ccc2nsnc2c1NC1CCCCCCC1. The van der Waals surface area contributed by atoms with Gasteiger partial charge in [-0.05, 0) is 25.0 Å². The number of hydrogen-bond donors (Lipinski definition) is 1. The van der Waals surface area contributed by atoms with E-state index in [1.165, 1.54) is 56.7 Å². The molecule has 1 fully saturated rings. The Labute approximate surface area is 122 Å². The number of aromatic nitrogens is 2. The fourth-order valence-corrected chi connectivity index (χ4v) is 3.52. The predicted molar refractivity (Wildman–Crippen MR) is 82.2 cm³/mol. The summed E-state index contributed by atoms with van der Waals surface area (Å²) in [5.74, 6) is 0. The molecule has 0 amide bonds. The topological polar surface area (TPSA) is 37.8 Å². The van der Waals surface area contributed by atoms with Crippen LogP contribution in [0.4, 0.5) is 5.69 Å². The highest BCUT2D eigenvalue weighted by atomic mass is 35.5. The molecule has 0 aliphatic heterocycles. The molecule has 1 N–H and O–H groups in total. The first-order valence-corrected chi connectivity index (χ1v) is 8.13. The highest BCUT2D eigenvalue weighted by molar-refractivity contribution is 7.00. The van der Waals surface area contributed by atoms with Crippen LogP contribution in [-0.4, -0.2) is 14.8 Å². The number of rotatable bonds is 2. The number of hydrogen-bond acceptors (Lipinski definition) is 4. The minimum atomic E-state index is 0.519. The van der Waals surface area contributed by atoms with Gasteiger partial charge in [0.15, 0.2) is 0 Å². The molecule has 19 heavy (non-hydrogen) atoms. The molecule has 0 atom stereocenters. The predicted octanol–water partition coefficient (Wildman–Crippen LogP) is 4.87. The molecule has 0 bridgehead atoms. The van der Waals surface area contributed by atoms with Crippen molar-refractivity contribution in [3.05, 3.63) is 17.2 Å². The molecule has 1 aromatic heterocycles. The van der Waals surface area contributed by atoms with Crippen molar-refractivity contribution in [2.45, 2.75) is 51.0 Å². The molecule has 3 nitrogen and oxygen atoms in total. The molecule has 0 spiro atoms. The molecule has 0 radical (unpaired) electrons. The number of benzene rings is 1. The van der Waals surface area contributed by atoms with E-state index in [9.17, 15) is 0 Å². The van der Waals surface area contributed by atoms with Crippen molar-refractivity contribution >= 4 is 40.0 Å². The maximum atomic E-state index is 6.33. The largest absolute Gasteiger partial charge is 0.379 e. The molecular formula is C14H18ClN3S. The van der Waals surface area contributed by atoms with Crippen LogP contribution >= 0.6 is 23.3 Å². The summed E-state index contributed by atoms with van der Waals surface area (Å²) in [6.07, 6.45) is 9.16. The molecule has 0 saturated heterocycles. The second-order valence-electron chi connectivity index (χ2n) is 5.24. The third kappa shape index (κ3) is 3.00. The number of nitrogens with one attached hydrogen (secondary N) is 1. The lowest BCUT2D eigenvalue weighted by Crippen LogP contribution is -2.21. The summed E-state index contributed by atoms with van der Waals surface area (Å²) in [6.45, 7) is 0. The zero-order valence-corrected chi connectivity index (χ0v) is 12.4. The van der Waals surface area contributed by atoms with E-state index in [0.717, 1.165) is 21.7 Å². The van der Waals surface area contributed by atoms with Crippen molar-refractivity contribution in [2.24, 2.45) is 0 Å². The van der Waals surface area contributed by atoms with Gasteiger partial charge >= 0.3 is 0 Å². The Balaban J connectivity index is 1.83. The molecule has 5 heteroatoms. The van der Waals surface area contributed by atoms with Gasteiger partial charge in [-0.3, -0.25) is 0 Å². The monoisotopic (exact) mass is 295 g/mol. The maximum absolute atomic E-state index is 6.33. The summed E-state index contributed by atoms with van der Waals surface area (Å²) in [6, 6.07) is 4.37. The van der Waals surface area contributed by atoms with Gasteiger partial charge in [0.05, 0.1) is 22.4 Å². The fraction of sp³-hybridized carbons (Fsp3) is 0.571. The summed E-state index contributed by atoms with van der Waals surface area (Å²) in [4.78, 5) is 0. The van der Waals surface area contributed by atoms with Crippen molar-refractivity contribution in [1.29, 1.82) is 0 Å². The van der Waals surface area contributed by atoms with Gasteiger partial charge in [-0.1, -0.05) is 43.7 Å². The van der Waals surface area contributed by atoms with Crippen LogP contribution in [-0.2, 0) is 0 Å². The summed E-state index contributed by atoms with van der Waals surface area (Å²) in [5.41, 5.74) is 2.82. The Hall–Kier alpha value is -0.870. The smallest absolute Gasteiger partial charge is 0.129 e. The van der Waals surface area contributed by atoms with Crippen LogP contribution in [0.5, 0.6) is 0 Å². The lowest BCUT2D eigenvalue weighted by atomic mass is 9.96. The van der Waals surface area contributed by atoms with Crippen LogP contribution < -0.4 is 5.32 Å². The number of nitrogens with zero attached hydrogens (tertiary/aromatic N) is 2. The van der Waals surface area contributed by atoms with Crippen molar-refractivity contribution in [2.75, 3.05) is 5.32 Å². The van der Waals surface area contributed by atoms with Gasteiger partial charge in [0.2, 0.25) is 0 Å². The molecule has 3 rings (SSSR count). The van der Waals surface area contributed by atoms with E-state index in [-0.39, 0.29) is 0 Å². The number of fused-ring (bicyclic) bond motifs is 1. The van der Waals surface area contributed by atoms with Crippen LogP contribution in [0.2, 0.25) is 5.02 Å². The lowest BCUT2D eigenvalue weighted by molar-refractivity contribution is 0.471. The first-order valence-electron chi connectivity index (χ1n) is 7.02. The minimum Gasteiger partial charge on any atom is -0.379 e. The van der Waals surface area contributed by atoms with Crippen molar-refractivity contribution < 1.29 is 0 Å². The Bertz CT molecular complexity index is 547. The third-order valence-electron chi connectivity index (χ3n) is 3.83. The fourth-order valence-electron chi connectivity index (χ4n) is 2.77. The molecule has 0 unspecified atom stereocenters. The Kier molecular flexibility index (Phi) is 4.18. The van der Waals surface area contributed by atoms with Crippen LogP contribution in [0, 0.1) is 0 Å². The van der Waals surface area contributed by atoms with Crippen LogP contribution in [0.1, 0.15) is 44.9 Å². The number of halogens is 1. The molecule has 102 valence electrons. The molecular weight excluding hydrogens is 278 g/mol. The zero-order valence-electron chi connectivity index (χ0n) is 10.9. The van der Waals surface area contributed by atoms with Gasteiger partial charge in [-0.15, -0.1) is 0 Å². The van der Waals surface area contributed by atoms with Crippen molar-refractivity contribution in [3.63, 3.8) is 0 Å². The van der Waals surface area contributed by atoms with Gasteiger partial charge in [0.25, 0.3) is 0 Å². The number of anilines is 1. The van der Waals surface area contributed by atoms with E-state index in [4.69, 9.17) is 11.6 Å². The summed E-state index contributed by atoms with van der Waals surface area (Å²) >= 11 is 7.57. The van der Waals surface area contributed by atoms with E-state index in [1.807, 2.05) is 12.1 Å². The summed E-state index contributed by atoms with van der Waals surface area (Å²) in [5, 5.41) is 4.37. The third-order valence-corrected chi connectivity index (χ3v) is 4.69. The molecule has 1 heterocycles. The van der Waals surface area contributed by atoms with Crippen LogP contribution in [0.3, 0.4) is 0 Å². The van der Waals surface area contributed by atoms with E-state index in [0.29, 0.717) is 6.04 Å². The first-order chi connectivity index (χ1) is 9.34. The molecule has 1 saturated carbocycles. The van der Waals surface area contributed by atoms with Crippen molar-refractivity contribution in [3.8, 4) is 0 Å². The average molecular weight is 296 g/mol. The summed E-state index contributed by atoms with van der Waals surface area (Å²) < 4.78 is 8.65. The Morgan fingerprint density at radius 3 is 2.58 bits per heavy atom. The van der Waals surface area contributed by atoms with Gasteiger partial charge in [0.1, 0.15) is 11.0 Å². The molecule has 1 aliphatic rings. The lowest BCUT2D eigenvalue weighted by Gasteiger charge is -2.22. The van der Waals surface area contributed by atoms with E-state index < -0.39 is 0 Å². The van der Waals surface area contributed by atoms with Gasteiger partial charge in [-0.2, -0.15) is 8.75 Å². The van der Waals surface area contributed by atoms with Gasteiger partial charge < -0.3 is 5.32 Å². The Morgan fingerprint density at radius 2 is 1.79 bits per heavy atom. The maximum Gasteiger partial charge on any atom is 0.129 e. The van der Waals surface area contributed by atoms with E-state index >= 15 is 0 Å². The standard InChI is InChI=1S/C14H18ClN3S/c15-11-8-9-12-14(18-19-17-12)13(11)16-10-6-4-2-1-3-5-7-10/h8-10,16H,1-7H2. The quantitative estimate of drug-likeness (QED) is 0.859. The van der Waals surface area contributed by atoms with E-state index in [2.05, 4.69) is 14.1 Å². The Morgan fingerprint density at radius 1 is 1.05 bits per heavy atom. The highest BCUT2D eigenvalue weighted by Gasteiger charge is 2.16. The minimum absolute atomic E-state index is 0.519. The van der Waals surface area contributed by atoms with Crippen LogP contribution in [0.25, 0.3) is 11.0 Å². The molecule has 1 aliphatic carbocycles.